The normalized spacial score (nSPS) is 10.1. The Bertz CT molecular complexity index is 274. The summed E-state index contributed by atoms with van der Waals surface area (Å²) in [6.45, 7) is 2.32. The molecule has 0 unspecified atom stereocenters. The van der Waals surface area contributed by atoms with Gasteiger partial charge in [0.05, 0.1) is 13.2 Å². The van der Waals surface area contributed by atoms with Gasteiger partial charge in [-0.25, -0.2) is 4.39 Å². The third-order valence-corrected chi connectivity index (χ3v) is 1.64. The van der Waals surface area contributed by atoms with Crippen LogP contribution in [-0.4, -0.2) is 11.7 Å². The first-order chi connectivity index (χ1) is 6.27. The molecule has 0 aliphatic heterocycles. The van der Waals surface area contributed by atoms with Crippen molar-refractivity contribution in [3.8, 4) is 5.75 Å². The van der Waals surface area contributed by atoms with Gasteiger partial charge in [-0.3, -0.25) is 0 Å². The van der Waals surface area contributed by atoms with Gasteiger partial charge < -0.3 is 9.84 Å². The van der Waals surface area contributed by atoms with Crippen molar-refractivity contribution < 1.29 is 14.2 Å². The van der Waals surface area contributed by atoms with E-state index in [1.165, 1.54) is 12.1 Å². The summed E-state index contributed by atoms with van der Waals surface area (Å²) >= 11 is 0. The second kappa shape index (κ2) is 4.82. The lowest BCUT2D eigenvalue weighted by molar-refractivity contribution is 0.278. The van der Waals surface area contributed by atoms with Crippen LogP contribution in [0.2, 0.25) is 0 Å². The molecule has 0 heterocycles. The number of benzene rings is 1. The van der Waals surface area contributed by atoms with E-state index in [0.717, 1.165) is 6.42 Å². The van der Waals surface area contributed by atoms with E-state index in [-0.39, 0.29) is 12.4 Å². The standard InChI is InChI=1S/C10H13FO2/c1-2-5-13-10-4-3-8(7-12)6-9(10)11/h3-4,6,12H,2,5,7H2,1H3. The van der Waals surface area contributed by atoms with Gasteiger partial charge in [-0.1, -0.05) is 13.0 Å². The van der Waals surface area contributed by atoms with Gasteiger partial charge in [-0.15, -0.1) is 0 Å². The van der Waals surface area contributed by atoms with Crippen LogP contribution in [0, 0.1) is 5.82 Å². The molecule has 1 rings (SSSR count). The Hall–Kier alpha value is -1.09. The molecule has 1 aromatic carbocycles. The fourth-order valence-electron chi connectivity index (χ4n) is 0.972. The van der Waals surface area contributed by atoms with Gasteiger partial charge in [-0.05, 0) is 24.1 Å². The zero-order valence-corrected chi connectivity index (χ0v) is 7.59. The van der Waals surface area contributed by atoms with Crippen molar-refractivity contribution in [1.29, 1.82) is 0 Å². The van der Waals surface area contributed by atoms with Crippen molar-refractivity contribution in [3.63, 3.8) is 0 Å². The third kappa shape index (κ3) is 2.70. The lowest BCUT2D eigenvalue weighted by Gasteiger charge is -2.06. The summed E-state index contributed by atoms with van der Waals surface area (Å²) in [5.74, 6) is -0.168. The van der Waals surface area contributed by atoms with Crippen molar-refractivity contribution in [2.75, 3.05) is 6.61 Å². The Balaban J connectivity index is 2.73. The Morgan fingerprint density at radius 2 is 2.23 bits per heavy atom. The van der Waals surface area contributed by atoms with Gasteiger partial charge in [0.1, 0.15) is 0 Å². The van der Waals surface area contributed by atoms with Gasteiger partial charge in [0.15, 0.2) is 11.6 Å². The highest BCUT2D eigenvalue weighted by atomic mass is 19.1. The fraction of sp³-hybridized carbons (Fsp3) is 0.400. The van der Waals surface area contributed by atoms with E-state index in [1.807, 2.05) is 6.92 Å². The van der Waals surface area contributed by atoms with Crippen LogP contribution in [0.15, 0.2) is 18.2 Å². The van der Waals surface area contributed by atoms with Crippen molar-refractivity contribution in [2.45, 2.75) is 20.0 Å². The van der Waals surface area contributed by atoms with E-state index in [9.17, 15) is 4.39 Å². The van der Waals surface area contributed by atoms with Crippen LogP contribution in [0.4, 0.5) is 4.39 Å². The minimum atomic E-state index is -0.417. The van der Waals surface area contributed by atoms with Gasteiger partial charge >= 0.3 is 0 Å². The molecule has 3 heteroatoms. The molecule has 0 bridgehead atoms. The molecule has 0 saturated carbocycles. The van der Waals surface area contributed by atoms with E-state index < -0.39 is 5.82 Å². The van der Waals surface area contributed by atoms with Gasteiger partial charge in [-0.2, -0.15) is 0 Å². The van der Waals surface area contributed by atoms with E-state index in [2.05, 4.69) is 0 Å². The summed E-state index contributed by atoms with van der Waals surface area (Å²) in [6.07, 6.45) is 0.848. The number of aliphatic hydroxyl groups excluding tert-OH is 1. The summed E-state index contributed by atoms with van der Waals surface area (Å²) in [7, 11) is 0. The van der Waals surface area contributed by atoms with Crippen LogP contribution in [-0.2, 0) is 6.61 Å². The maximum Gasteiger partial charge on any atom is 0.165 e. The van der Waals surface area contributed by atoms with Gasteiger partial charge in [0.25, 0.3) is 0 Å². The number of rotatable bonds is 4. The molecule has 0 atom stereocenters. The number of hydrogen-bond donors (Lipinski definition) is 1. The highest BCUT2D eigenvalue weighted by molar-refractivity contribution is 5.28. The molecule has 0 aromatic heterocycles. The van der Waals surface area contributed by atoms with Crippen molar-refractivity contribution in [3.05, 3.63) is 29.6 Å². The third-order valence-electron chi connectivity index (χ3n) is 1.64. The lowest BCUT2D eigenvalue weighted by atomic mass is 10.2. The average molecular weight is 184 g/mol. The van der Waals surface area contributed by atoms with Crippen molar-refractivity contribution in [1.82, 2.24) is 0 Å². The van der Waals surface area contributed by atoms with E-state index >= 15 is 0 Å². The zero-order valence-electron chi connectivity index (χ0n) is 7.59. The second-order valence-corrected chi connectivity index (χ2v) is 2.77. The first-order valence-electron chi connectivity index (χ1n) is 4.30. The Labute approximate surface area is 77.0 Å². The Morgan fingerprint density at radius 1 is 1.46 bits per heavy atom. The molecule has 2 nitrogen and oxygen atoms in total. The first kappa shape index (κ1) is 9.99. The van der Waals surface area contributed by atoms with Crippen LogP contribution >= 0.6 is 0 Å². The van der Waals surface area contributed by atoms with E-state index in [0.29, 0.717) is 12.2 Å². The highest BCUT2D eigenvalue weighted by Crippen LogP contribution is 2.18. The van der Waals surface area contributed by atoms with Gasteiger partial charge in [0, 0.05) is 0 Å². The summed E-state index contributed by atoms with van der Waals surface area (Å²) in [5.41, 5.74) is 0.557. The predicted octanol–water partition coefficient (Wildman–Crippen LogP) is 2.11. The molecule has 0 aliphatic carbocycles. The van der Waals surface area contributed by atoms with E-state index in [1.54, 1.807) is 6.07 Å². The summed E-state index contributed by atoms with van der Waals surface area (Å²) in [6, 6.07) is 4.47. The number of ether oxygens (including phenoxy) is 1. The Kier molecular flexibility index (Phi) is 3.71. The van der Waals surface area contributed by atoms with E-state index in [4.69, 9.17) is 9.84 Å². The number of hydrogen-bond acceptors (Lipinski definition) is 2. The van der Waals surface area contributed by atoms with Gasteiger partial charge in [0.2, 0.25) is 0 Å². The van der Waals surface area contributed by atoms with Crippen LogP contribution in [0.5, 0.6) is 5.75 Å². The molecule has 72 valence electrons. The summed E-state index contributed by atoms with van der Waals surface area (Å²) in [5, 5.41) is 8.72. The second-order valence-electron chi connectivity index (χ2n) is 2.77. The minimum absolute atomic E-state index is 0.148. The molecular weight excluding hydrogens is 171 g/mol. The maximum absolute atomic E-state index is 13.1. The molecular formula is C10H13FO2. The quantitative estimate of drug-likeness (QED) is 0.776. The topological polar surface area (TPSA) is 29.5 Å². The molecule has 0 aliphatic rings. The molecule has 1 aromatic rings. The summed E-state index contributed by atoms with van der Waals surface area (Å²) in [4.78, 5) is 0. The predicted molar refractivity (Wildman–Crippen MR) is 48.1 cm³/mol. The van der Waals surface area contributed by atoms with Crippen LogP contribution in [0.3, 0.4) is 0 Å². The summed E-state index contributed by atoms with van der Waals surface area (Å²) < 4.78 is 18.3. The lowest BCUT2D eigenvalue weighted by Crippen LogP contribution is -1.98. The molecule has 0 spiro atoms. The average Bonchev–Trinajstić information content (AvgIpc) is 2.16. The number of halogens is 1. The zero-order chi connectivity index (χ0) is 9.68. The molecule has 0 saturated heterocycles. The van der Waals surface area contributed by atoms with Crippen LogP contribution in [0.25, 0.3) is 0 Å². The van der Waals surface area contributed by atoms with Crippen molar-refractivity contribution in [2.24, 2.45) is 0 Å². The Morgan fingerprint density at radius 3 is 2.77 bits per heavy atom. The molecule has 0 radical (unpaired) electrons. The van der Waals surface area contributed by atoms with Crippen LogP contribution < -0.4 is 4.74 Å². The van der Waals surface area contributed by atoms with Crippen molar-refractivity contribution >= 4 is 0 Å². The smallest absolute Gasteiger partial charge is 0.165 e. The molecule has 0 amide bonds. The molecule has 0 fully saturated rings. The van der Waals surface area contributed by atoms with Crippen LogP contribution in [0.1, 0.15) is 18.9 Å². The maximum atomic E-state index is 13.1. The monoisotopic (exact) mass is 184 g/mol. The fourth-order valence-corrected chi connectivity index (χ4v) is 0.972. The largest absolute Gasteiger partial charge is 0.491 e. The highest BCUT2D eigenvalue weighted by Gasteiger charge is 2.03. The molecule has 1 N–H and O–H groups in total. The SMILES string of the molecule is CCCOc1ccc(CO)cc1F. The minimum Gasteiger partial charge on any atom is -0.491 e. The first-order valence-corrected chi connectivity index (χ1v) is 4.30. The molecule has 13 heavy (non-hydrogen) atoms. The number of aliphatic hydroxyl groups is 1.